The Balaban J connectivity index is 1.39. The van der Waals surface area contributed by atoms with Gasteiger partial charge in [-0.25, -0.2) is 4.98 Å². The van der Waals surface area contributed by atoms with Crippen molar-refractivity contribution in [3.05, 3.63) is 78.4 Å². The van der Waals surface area contributed by atoms with Gasteiger partial charge in [0.1, 0.15) is 11.3 Å². The van der Waals surface area contributed by atoms with Crippen LogP contribution in [0.1, 0.15) is 25.3 Å². The van der Waals surface area contributed by atoms with Crippen LogP contribution >= 0.6 is 0 Å². The molecule has 0 unspecified atom stereocenters. The minimum atomic E-state index is -0.0826. The zero-order valence-electron chi connectivity index (χ0n) is 16.9. The Hall–Kier alpha value is -3.60. The highest BCUT2D eigenvalue weighted by Gasteiger charge is 2.10. The van der Waals surface area contributed by atoms with Gasteiger partial charge < -0.3 is 14.5 Å². The van der Waals surface area contributed by atoms with Gasteiger partial charge in [0.2, 0.25) is 11.8 Å². The number of amides is 1. The summed E-state index contributed by atoms with van der Waals surface area (Å²) in [5.41, 5.74) is 3.94. The van der Waals surface area contributed by atoms with E-state index in [4.69, 9.17) is 9.15 Å². The Labute approximate surface area is 175 Å². The first-order valence-corrected chi connectivity index (χ1v) is 10.2. The number of benzene rings is 3. The van der Waals surface area contributed by atoms with Gasteiger partial charge >= 0.3 is 0 Å². The molecule has 3 aromatic carbocycles. The number of fused-ring (bicyclic) bond motifs is 1. The van der Waals surface area contributed by atoms with Crippen molar-refractivity contribution in [3.63, 3.8) is 0 Å². The van der Waals surface area contributed by atoms with Gasteiger partial charge in [-0.3, -0.25) is 4.79 Å². The van der Waals surface area contributed by atoms with Gasteiger partial charge in [-0.2, -0.15) is 0 Å². The SMILES string of the molecule is CCCCOc1ccc(CC(=O)Nc2ccc3oc(-c4ccccc4)nc3c2)cc1. The predicted octanol–water partition coefficient (Wildman–Crippen LogP) is 5.85. The summed E-state index contributed by atoms with van der Waals surface area (Å²) in [4.78, 5) is 17.0. The molecule has 4 aromatic rings. The Morgan fingerprint density at radius 1 is 1.03 bits per heavy atom. The largest absolute Gasteiger partial charge is 0.494 e. The first-order chi connectivity index (χ1) is 14.7. The van der Waals surface area contributed by atoms with Crippen LogP contribution in [0, 0.1) is 0 Å². The van der Waals surface area contributed by atoms with Crippen LogP contribution in [-0.2, 0) is 11.2 Å². The normalized spacial score (nSPS) is 10.8. The number of oxazole rings is 1. The van der Waals surface area contributed by atoms with E-state index in [1.807, 2.05) is 72.8 Å². The fraction of sp³-hybridized carbons (Fsp3) is 0.200. The molecular formula is C25H24N2O3. The van der Waals surface area contributed by atoms with Crippen molar-refractivity contribution in [3.8, 4) is 17.2 Å². The van der Waals surface area contributed by atoms with E-state index in [-0.39, 0.29) is 5.91 Å². The van der Waals surface area contributed by atoms with E-state index in [0.29, 0.717) is 35.7 Å². The van der Waals surface area contributed by atoms with Crippen molar-refractivity contribution in [1.29, 1.82) is 0 Å². The predicted molar refractivity (Wildman–Crippen MR) is 119 cm³/mol. The Morgan fingerprint density at radius 2 is 1.83 bits per heavy atom. The number of unbranched alkanes of at least 4 members (excludes halogenated alkanes) is 1. The monoisotopic (exact) mass is 400 g/mol. The molecule has 5 nitrogen and oxygen atoms in total. The van der Waals surface area contributed by atoms with Gasteiger partial charge in [0.15, 0.2) is 5.58 Å². The summed E-state index contributed by atoms with van der Waals surface area (Å²) in [6, 6.07) is 22.9. The zero-order valence-corrected chi connectivity index (χ0v) is 16.9. The van der Waals surface area contributed by atoms with Crippen molar-refractivity contribution in [2.45, 2.75) is 26.2 Å². The third-order valence-corrected chi connectivity index (χ3v) is 4.75. The van der Waals surface area contributed by atoms with Gasteiger partial charge in [0, 0.05) is 11.3 Å². The van der Waals surface area contributed by atoms with E-state index in [2.05, 4.69) is 17.2 Å². The Morgan fingerprint density at radius 3 is 2.60 bits per heavy atom. The molecule has 1 aromatic heterocycles. The van der Waals surface area contributed by atoms with Gasteiger partial charge in [0.25, 0.3) is 0 Å². The van der Waals surface area contributed by atoms with Gasteiger partial charge in [-0.1, -0.05) is 43.7 Å². The smallest absolute Gasteiger partial charge is 0.228 e. The van der Waals surface area contributed by atoms with E-state index in [9.17, 15) is 4.79 Å². The maximum Gasteiger partial charge on any atom is 0.228 e. The van der Waals surface area contributed by atoms with Crippen molar-refractivity contribution in [2.24, 2.45) is 0 Å². The van der Waals surface area contributed by atoms with Crippen LogP contribution in [0.5, 0.6) is 5.75 Å². The molecule has 30 heavy (non-hydrogen) atoms. The number of nitrogens with one attached hydrogen (secondary N) is 1. The third-order valence-electron chi connectivity index (χ3n) is 4.75. The van der Waals surface area contributed by atoms with Crippen molar-refractivity contribution < 1.29 is 13.9 Å². The number of hydrogen-bond donors (Lipinski definition) is 1. The quantitative estimate of drug-likeness (QED) is 0.377. The minimum Gasteiger partial charge on any atom is -0.494 e. The molecule has 0 spiro atoms. The second kappa shape index (κ2) is 9.27. The van der Waals surface area contributed by atoms with E-state index in [0.717, 1.165) is 29.7 Å². The summed E-state index contributed by atoms with van der Waals surface area (Å²) in [6.07, 6.45) is 2.43. The molecule has 0 atom stereocenters. The maximum absolute atomic E-state index is 12.5. The molecule has 0 saturated heterocycles. The van der Waals surface area contributed by atoms with Crippen molar-refractivity contribution in [2.75, 3.05) is 11.9 Å². The first kappa shape index (κ1) is 19.7. The fourth-order valence-electron chi connectivity index (χ4n) is 3.14. The number of nitrogens with zero attached hydrogens (tertiary/aromatic N) is 1. The topological polar surface area (TPSA) is 64.4 Å². The maximum atomic E-state index is 12.5. The second-order valence-electron chi connectivity index (χ2n) is 7.14. The summed E-state index contributed by atoms with van der Waals surface area (Å²) in [7, 11) is 0. The number of rotatable bonds is 8. The molecule has 0 saturated carbocycles. The van der Waals surface area contributed by atoms with E-state index in [1.54, 1.807) is 0 Å². The van der Waals surface area contributed by atoms with Crippen LogP contribution in [0.15, 0.2) is 77.2 Å². The molecule has 0 radical (unpaired) electrons. The first-order valence-electron chi connectivity index (χ1n) is 10.2. The van der Waals surface area contributed by atoms with Crippen LogP contribution in [0.4, 0.5) is 5.69 Å². The van der Waals surface area contributed by atoms with Crippen LogP contribution in [-0.4, -0.2) is 17.5 Å². The Bertz CT molecular complexity index is 1120. The summed E-state index contributed by atoms with van der Waals surface area (Å²) >= 11 is 0. The Kier molecular flexibility index (Phi) is 6.09. The van der Waals surface area contributed by atoms with E-state index >= 15 is 0 Å². The van der Waals surface area contributed by atoms with E-state index < -0.39 is 0 Å². The lowest BCUT2D eigenvalue weighted by atomic mass is 10.1. The van der Waals surface area contributed by atoms with Crippen LogP contribution < -0.4 is 10.1 Å². The number of ether oxygens (including phenoxy) is 1. The lowest BCUT2D eigenvalue weighted by Crippen LogP contribution is -2.14. The highest BCUT2D eigenvalue weighted by molar-refractivity contribution is 5.94. The van der Waals surface area contributed by atoms with Crippen LogP contribution in [0.3, 0.4) is 0 Å². The lowest BCUT2D eigenvalue weighted by Gasteiger charge is -2.07. The van der Waals surface area contributed by atoms with Gasteiger partial charge in [-0.15, -0.1) is 0 Å². The molecule has 1 heterocycles. The standard InChI is InChI=1S/C25H24N2O3/c1-2-3-15-29-21-12-9-18(10-13-21)16-24(28)26-20-11-14-23-22(17-20)27-25(30-23)19-7-5-4-6-8-19/h4-14,17H,2-3,15-16H2,1H3,(H,26,28). The van der Waals surface area contributed by atoms with Crippen molar-refractivity contribution in [1.82, 2.24) is 4.98 Å². The second-order valence-corrected chi connectivity index (χ2v) is 7.14. The molecule has 5 heteroatoms. The van der Waals surface area contributed by atoms with Crippen molar-refractivity contribution >= 4 is 22.7 Å². The fourth-order valence-corrected chi connectivity index (χ4v) is 3.14. The highest BCUT2D eigenvalue weighted by atomic mass is 16.5. The van der Waals surface area contributed by atoms with Crippen LogP contribution in [0.25, 0.3) is 22.6 Å². The average molecular weight is 400 g/mol. The number of aromatic nitrogens is 1. The number of carbonyl (C=O) groups excluding carboxylic acids is 1. The van der Waals surface area contributed by atoms with E-state index in [1.165, 1.54) is 0 Å². The molecule has 0 aliphatic heterocycles. The molecule has 1 amide bonds. The zero-order chi connectivity index (χ0) is 20.8. The summed E-state index contributed by atoms with van der Waals surface area (Å²) in [6.45, 7) is 2.85. The molecule has 0 aliphatic rings. The minimum absolute atomic E-state index is 0.0826. The molecular weight excluding hydrogens is 376 g/mol. The summed E-state index contributed by atoms with van der Waals surface area (Å²) < 4.78 is 11.5. The average Bonchev–Trinajstić information content (AvgIpc) is 3.19. The number of anilines is 1. The van der Waals surface area contributed by atoms with Gasteiger partial charge in [-0.05, 0) is 54.4 Å². The molecule has 0 aliphatic carbocycles. The number of hydrogen-bond acceptors (Lipinski definition) is 4. The molecule has 4 rings (SSSR count). The third kappa shape index (κ3) is 4.87. The lowest BCUT2D eigenvalue weighted by molar-refractivity contribution is -0.115. The summed E-state index contributed by atoms with van der Waals surface area (Å²) in [5.74, 6) is 1.31. The number of carbonyl (C=O) groups is 1. The molecule has 152 valence electrons. The van der Waals surface area contributed by atoms with Gasteiger partial charge in [0.05, 0.1) is 13.0 Å². The van der Waals surface area contributed by atoms with Crippen LogP contribution in [0.2, 0.25) is 0 Å². The summed E-state index contributed by atoms with van der Waals surface area (Å²) in [5, 5.41) is 2.94. The molecule has 0 bridgehead atoms. The molecule has 1 N–H and O–H groups in total. The molecule has 0 fully saturated rings. The highest BCUT2D eigenvalue weighted by Crippen LogP contribution is 2.26.